The van der Waals surface area contributed by atoms with Crippen LogP contribution >= 0.6 is 0 Å². The van der Waals surface area contributed by atoms with E-state index in [0.717, 1.165) is 18.7 Å². The molecule has 0 aliphatic carbocycles. The number of carbonyl (C=O) groups excluding carboxylic acids is 1. The van der Waals surface area contributed by atoms with E-state index in [0.29, 0.717) is 29.6 Å². The minimum atomic E-state index is -3.10. The van der Waals surface area contributed by atoms with E-state index in [2.05, 4.69) is 10.3 Å². The average molecular weight is 391 g/mol. The molecule has 2 aromatic rings. The van der Waals surface area contributed by atoms with Crippen molar-refractivity contribution in [3.8, 4) is 5.75 Å². The van der Waals surface area contributed by atoms with E-state index in [-0.39, 0.29) is 23.7 Å². The van der Waals surface area contributed by atoms with E-state index in [1.165, 1.54) is 0 Å². The first-order valence-electron chi connectivity index (χ1n) is 8.92. The molecule has 8 nitrogen and oxygen atoms in total. The van der Waals surface area contributed by atoms with Crippen molar-refractivity contribution in [2.45, 2.75) is 38.3 Å². The van der Waals surface area contributed by atoms with E-state index >= 15 is 0 Å². The Bertz CT molecular complexity index is 1090. The fourth-order valence-corrected chi connectivity index (χ4v) is 5.88. The van der Waals surface area contributed by atoms with Crippen LogP contribution in [-0.4, -0.2) is 47.5 Å². The summed E-state index contributed by atoms with van der Waals surface area (Å²) in [5.74, 6) is 0.837. The number of hydrogen-bond donors (Lipinski definition) is 1. The third-order valence-electron chi connectivity index (χ3n) is 5.10. The predicted molar refractivity (Wildman–Crippen MR) is 99.6 cm³/mol. The van der Waals surface area contributed by atoms with E-state index in [1.807, 2.05) is 0 Å². The van der Waals surface area contributed by atoms with Gasteiger partial charge in [-0.3, -0.25) is 14.2 Å². The number of nitrogens with zero attached hydrogens (tertiary/aromatic N) is 2. The molecule has 3 heterocycles. The summed E-state index contributed by atoms with van der Waals surface area (Å²) in [6.07, 6.45) is 2.11. The van der Waals surface area contributed by atoms with Crippen molar-refractivity contribution in [2.24, 2.45) is 0 Å². The van der Waals surface area contributed by atoms with E-state index in [1.54, 1.807) is 29.7 Å². The molecule has 0 unspecified atom stereocenters. The Hall–Kier alpha value is -2.42. The number of carbonyl (C=O) groups is 1. The second-order valence-electron chi connectivity index (χ2n) is 7.51. The molecule has 2 aliphatic heterocycles. The Balaban J connectivity index is 1.46. The lowest BCUT2D eigenvalue weighted by Crippen LogP contribution is -2.48. The van der Waals surface area contributed by atoms with Gasteiger partial charge in [0, 0.05) is 13.0 Å². The molecule has 0 saturated carbocycles. The van der Waals surface area contributed by atoms with Crippen LogP contribution in [0.1, 0.15) is 25.6 Å². The van der Waals surface area contributed by atoms with Crippen molar-refractivity contribution in [1.29, 1.82) is 0 Å². The highest BCUT2D eigenvalue weighted by molar-refractivity contribution is 7.91. The fourth-order valence-electron chi connectivity index (χ4n) is 3.78. The SMILES string of the molecule is C[C@]1(NC(=O)COc2ccc3nc4n(c(=O)c3c2)CCC4)CCS(=O)(=O)C1. The molecule has 9 heteroatoms. The lowest BCUT2D eigenvalue weighted by Gasteiger charge is -2.23. The largest absolute Gasteiger partial charge is 0.484 e. The Labute approximate surface area is 156 Å². The zero-order chi connectivity index (χ0) is 19.2. The van der Waals surface area contributed by atoms with Crippen molar-refractivity contribution in [1.82, 2.24) is 14.9 Å². The van der Waals surface area contributed by atoms with Gasteiger partial charge in [0.2, 0.25) is 0 Å². The highest BCUT2D eigenvalue weighted by Crippen LogP contribution is 2.23. The zero-order valence-electron chi connectivity index (χ0n) is 15.0. The van der Waals surface area contributed by atoms with Crippen LogP contribution in [-0.2, 0) is 27.6 Å². The van der Waals surface area contributed by atoms with Crippen molar-refractivity contribution in [3.05, 3.63) is 34.4 Å². The number of benzene rings is 1. The van der Waals surface area contributed by atoms with Crippen molar-refractivity contribution < 1.29 is 17.9 Å². The topological polar surface area (TPSA) is 107 Å². The standard InChI is InChI=1S/C18H21N3O5S/c1-18(6-8-27(24,25)11-18)20-16(22)10-26-12-4-5-14-13(9-12)17(23)21-7-2-3-15(21)19-14/h4-5,9H,2-3,6-8,10-11H2,1H3,(H,20,22)/t18-/m0/s1. The molecular weight excluding hydrogens is 370 g/mol. The molecule has 1 N–H and O–H groups in total. The molecule has 144 valence electrons. The summed E-state index contributed by atoms with van der Waals surface area (Å²) in [7, 11) is -3.10. The van der Waals surface area contributed by atoms with Gasteiger partial charge in [-0.1, -0.05) is 0 Å². The maximum atomic E-state index is 12.6. The van der Waals surface area contributed by atoms with Crippen molar-refractivity contribution >= 4 is 26.6 Å². The molecule has 27 heavy (non-hydrogen) atoms. The Morgan fingerprint density at radius 2 is 2.22 bits per heavy atom. The lowest BCUT2D eigenvalue weighted by atomic mass is 10.0. The van der Waals surface area contributed by atoms with Crippen LogP contribution in [0, 0.1) is 0 Å². The Kier molecular flexibility index (Phi) is 4.21. The summed E-state index contributed by atoms with van der Waals surface area (Å²) >= 11 is 0. The number of amides is 1. The number of ether oxygens (including phenoxy) is 1. The maximum Gasteiger partial charge on any atom is 0.261 e. The average Bonchev–Trinajstić information content (AvgIpc) is 3.17. The van der Waals surface area contributed by atoms with Gasteiger partial charge in [0.1, 0.15) is 11.6 Å². The monoisotopic (exact) mass is 391 g/mol. The first-order valence-corrected chi connectivity index (χ1v) is 10.7. The van der Waals surface area contributed by atoms with Crippen LogP contribution in [0.2, 0.25) is 0 Å². The van der Waals surface area contributed by atoms with Crippen LogP contribution in [0.5, 0.6) is 5.75 Å². The molecule has 1 aromatic heterocycles. The maximum absolute atomic E-state index is 12.6. The first kappa shape index (κ1) is 18.0. The van der Waals surface area contributed by atoms with Gasteiger partial charge in [-0.15, -0.1) is 0 Å². The van der Waals surface area contributed by atoms with Crippen LogP contribution in [0.15, 0.2) is 23.0 Å². The van der Waals surface area contributed by atoms with Gasteiger partial charge >= 0.3 is 0 Å². The van der Waals surface area contributed by atoms with Crippen LogP contribution in [0.3, 0.4) is 0 Å². The summed E-state index contributed by atoms with van der Waals surface area (Å²) in [6, 6.07) is 5.00. The molecule has 1 saturated heterocycles. The third kappa shape index (κ3) is 3.55. The van der Waals surface area contributed by atoms with Gasteiger partial charge in [-0.25, -0.2) is 13.4 Å². The zero-order valence-corrected chi connectivity index (χ0v) is 15.8. The molecule has 1 amide bonds. The smallest absolute Gasteiger partial charge is 0.261 e. The summed E-state index contributed by atoms with van der Waals surface area (Å²) in [5.41, 5.74) is -0.230. The minimum Gasteiger partial charge on any atom is -0.484 e. The van der Waals surface area contributed by atoms with E-state index in [4.69, 9.17) is 4.74 Å². The highest BCUT2D eigenvalue weighted by Gasteiger charge is 2.39. The first-order chi connectivity index (χ1) is 12.7. The fraction of sp³-hybridized carbons (Fsp3) is 0.500. The molecule has 1 aromatic carbocycles. The molecule has 0 bridgehead atoms. The second-order valence-corrected chi connectivity index (χ2v) is 9.69. The van der Waals surface area contributed by atoms with Crippen molar-refractivity contribution in [3.63, 3.8) is 0 Å². The third-order valence-corrected chi connectivity index (χ3v) is 7.00. The molecular formula is C18H21N3O5S. The Morgan fingerprint density at radius 3 is 2.96 bits per heavy atom. The number of hydrogen-bond acceptors (Lipinski definition) is 6. The molecule has 1 atom stereocenters. The molecule has 2 aliphatic rings. The summed E-state index contributed by atoms with van der Waals surface area (Å²) < 4.78 is 30.4. The molecule has 0 spiro atoms. The van der Waals surface area contributed by atoms with Crippen LogP contribution < -0.4 is 15.6 Å². The number of aryl methyl sites for hydroxylation is 1. The van der Waals surface area contributed by atoms with Gasteiger partial charge < -0.3 is 10.1 Å². The lowest BCUT2D eigenvalue weighted by molar-refractivity contribution is -0.124. The van der Waals surface area contributed by atoms with E-state index in [9.17, 15) is 18.0 Å². The van der Waals surface area contributed by atoms with Gasteiger partial charge in [-0.2, -0.15) is 0 Å². The quantitative estimate of drug-likeness (QED) is 0.809. The van der Waals surface area contributed by atoms with Crippen LogP contribution in [0.4, 0.5) is 0 Å². The predicted octanol–water partition coefficient (Wildman–Crippen LogP) is 0.415. The number of nitrogens with one attached hydrogen (secondary N) is 1. The minimum absolute atomic E-state index is 0.0603. The Morgan fingerprint density at radius 1 is 1.41 bits per heavy atom. The van der Waals surface area contributed by atoms with Gasteiger partial charge in [-0.05, 0) is 38.0 Å². The molecule has 0 radical (unpaired) electrons. The summed E-state index contributed by atoms with van der Waals surface area (Å²) in [4.78, 5) is 29.3. The van der Waals surface area contributed by atoms with Crippen molar-refractivity contribution in [2.75, 3.05) is 18.1 Å². The highest BCUT2D eigenvalue weighted by atomic mass is 32.2. The number of fused-ring (bicyclic) bond motifs is 2. The molecule has 4 rings (SSSR count). The summed E-state index contributed by atoms with van der Waals surface area (Å²) in [6.45, 7) is 2.14. The van der Waals surface area contributed by atoms with Gasteiger partial charge in [0.25, 0.3) is 11.5 Å². The van der Waals surface area contributed by atoms with Gasteiger partial charge in [0.05, 0.1) is 27.9 Å². The molecule has 1 fully saturated rings. The number of aromatic nitrogens is 2. The van der Waals surface area contributed by atoms with Crippen LogP contribution in [0.25, 0.3) is 10.9 Å². The number of sulfone groups is 1. The normalized spacial score (nSPS) is 23.3. The second kappa shape index (κ2) is 6.33. The van der Waals surface area contributed by atoms with E-state index < -0.39 is 21.3 Å². The summed E-state index contributed by atoms with van der Waals surface area (Å²) in [5, 5.41) is 3.21. The van der Waals surface area contributed by atoms with Gasteiger partial charge in [0.15, 0.2) is 16.4 Å². The number of rotatable bonds is 4.